The third-order valence-electron chi connectivity index (χ3n) is 4.45. The molecule has 1 N–H and O–H groups in total. The number of hydrogen-bond donors (Lipinski definition) is 1. The number of pyridine rings is 1. The van der Waals surface area contributed by atoms with Crippen LogP contribution in [0.5, 0.6) is 5.75 Å². The fourth-order valence-corrected chi connectivity index (χ4v) is 3.22. The molecule has 6 heteroatoms. The van der Waals surface area contributed by atoms with Crippen molar-refractivity contribution in [3.05, 3.63) is 71.8 Å². The lowest BCUT2D eigenvalue weighted by Gasteiger charge is -2.10. The van der Waals surface area contributed by atoms with Gasteiger partial charge in [0.15, 0.2) is 5.65 Å². The molecule has 3 aromatic heterocycles. The number of methoxy groups -OCH3 is 1. The number of fused-ring (bicyclic) bond motifs is 1. The molecule has 27 heavy (non-hydrogen) atoms. The number of hydrogen-bond acceptors (Lipinski definition) is 5. The molecule has 0 saturated carbocycles. The number of para-hydroxylation sites is 1. The molecule has 0 saturated heterocycles. The van der Waals surface area contributed by atoms with Gasteiger partial charge in [-0.15, -0.1) is 0 Å². The Hall–Kier alpha value is -3.41. The Morgan fingerprint density at radius 2 is 1.89 bits per heavy atom. The first-order chi connectivity index (χ1) is 13.2. The van der Waals surface area contributed by atoms with E-state index in [2.05, 4.69) is 10.3 Å². The topological polar surface area (TPSA) is 64.3 Å². The van der Waals surface area contributed by atoms with E-state index >= 15 is 0 Å². The van der Waals surface area contributed by atoms with Gasteiger partial charge in [-0.05, 0) is 32.0 Å². The van der Waals surface area contributed by atoms with E-state index in [1.54, 1.807) is 13.3 Å². The highest BCUT2D eigenvalue weighted by Gasteiger charge is 2.18. The second-order valence-corrected chi connectivity index (χ2v) is 6.35. The fraction of sp³-hybridized carbons (Fsp3) is 0.190. The predicted molar refractivity (Wildman–Crippen MR) is 106 cm³/mol. The number of ether oxygens (including phenoxy) is 1. The number of anilines is 1. The van der Waals surface area contributed by atoms with Gasteiger partial charge >= 0.3 is 0 Å². The summed E-state index contributed by atoms with van der Waals surface area (Å²) in [6.45, 7) is 4.59. The van der Waals surface area contributed by atoms with E-state index in [1.165, 1.54) is 0 Å². The quantitative estimate of drug-likeness (QED) is 0.583. The lowest BCUT2D eigenvalue weighted by Crippen LogP contribution is -2.07. The van der Waals surface area contributed by atoms with Gasteiger partial charge in [0.1, 0.15) is 11.6 Å². The second kappa shape index (κ2) is 7.07. The minimum atomic E-state index is 0.613. The van der Waals surface area contributed by atoms with Crippen molar-refractivity contribution >= 4 is 11.5 Å². The Morgan fingerprint density at radius 1 is 1.07 bits per heavy atom. The molecule has 0 atom stereocenters. The van der Waals surface area contributed by atoms with Crippen LogP contribution in [0.2, 0.25) is 0 Å². The maximum absolute atomic E-state index is 5.55. The standard InChI is InChI=1S/C21H21N5O/c1-14-12-19(23-13-16-8-6-7-11-22-16)26-21(24-14)20(15(2)25-26)17-9-4-5-10-18(17)27-3/h4-12,23H,13H2,1-3H3. The maximum Gasteiger partial charge on any atom is 0.165 e. The van der Waals surface area contributed by atoms with Crippen LogP contribution in [0.25, 0.3) is 16.8 Å². The highest BCUT2D eigenvalue weighted by Crippen LogP contribution is 2.35. The summed E-state index contributed by atoms with van der Waals surface area (Å²) >= 11 is 0. The van der Waals surface area contributed by atoms with Crippen LogP contribution >= 0.6 is 0 Å². The van der Waals surface area contributed by atoms with Crippen LogP contribution in [0, 0.1) is 13.8 Å². The fourth-order valence-electron chi connectivity index (χ4n) is 3.22. The number of rotatable bonds is 5. The highest BCUT2D eigenvalue weighted by atomic mass is 16.5. The van der Waals surface area contributed by atoms with Crippen LogP contribution < -0.4 is 10.1 Å². The van der Waals surface area contributed by atoms with Crippen molar-refractivity contribution < 1.29 is 4.74 Å². The molecule has 0 aliphatic carbocycles. The van der Waals surface area contributed by atoms with Gasteiger partial charge in [0.2, 0.25) is 0 Å². The molecular weight excluding hydrogens is 338 g/mol. The van der Waals surface area contributed by atoms with E-state index in [4.69, 9.17) is 14.8 Å². The minimum absolute atomic E-state index is 0.613. The zero-order valence-corrected chi connectivity index (χ0v) is 15.6. The first kappa shape index (κ1) is 17.0. The van der Waals surface area contributed by atoms with E-state index in [-0.39, 0.29) is 0 Å². The summed E-state index contributed by atoms with van der Waals surface area (Å²) in [5, 5.41) is 8.17. The Balaban J connectivity index is 1.81. The smallest absolute Gasteiger partial charge is 0.165 e. The van der Waals surface area contributed by atoms with Gasteiger partial charge in [-0.25, -0.2) is 4.98 Å². The minimum Gasteiger partial charge on any atom is -0.496 e. The number of aromatic nitrogens is 4. The average Bonchev–Trinajstić information content (AvgIpc) is 3.02. The Kier molecular flexibility index (Phi) is 4.46. The molecule has 1 aromatic carbocycles. The lowest BCUT2D eigenvalue weighted by atomic mass is 10.1. The molecule has 4 rings (SSSR count). The van der Waals surface area contributed by atoms with Crippen molar-refractivity contribution in [3.8, 4) is 16.9 Å². The van der Waals surface area contributed by atoms with E-state index in [0.29, 0.717) is 6.54 Å². The van der Waals surface area contributed by atoms with Gasteiger partial charge in [-0.2, -0.15) is 9.61 Å². The molecule has 0 aliphatic rings. The average molecular weight is 359 g/mol. The number of nitrogens with zero attached hydrogens (tertiary/aromatic N) is 4. The Labute approximate surface area is 157 Å². The van der Waals surface area contributed by atoms with Gasteiger partial charge in [0.05, 0.1) is 30.6 Å². The van der Waals surface area contributed by atoms with Crippen molar-refractivity contribution in [2.24, 2.45) is 0 Å². The lowest BCUT2D eigenvalue weighted by molar-refractivity contribution is 0.416. The van der Waals surface area contributed by atoms with Crippen molar-refractivity contribution in [2.75, 3.05) is 12.4 Å². The normalized spacial score (nSPS) is 10.9. The third-order valence-corrected chi connectivity index (χ3v) is 4.45. The molecule has 0 radical (unpaired) electrons. The van der Waals surface area contributed by atoms with Crippen molar-refractivity contribution in [2.45, 2.75) is 20.4 Å². The molecule has 0 spiro atoms. The molecule has 0 amide bonds. The van der Waals surface area contributed by atoms with Gasteiger partial charge in [0.25, 0.3) is 0 Å². The monoisotopic (exact) mass is 359 g/mol. The van der Waals surface area contributed by atoms with Crippen LogP contribution in [0.4, 0.5) is 5.82 Å². The van der Waals surface area contributed by atoms with Gasteiger partial charge in [-0.1, -0.05) is 24.3 Å². The summed E-state index contributed by atoms with van der Waals surface area (Å²) in [6, 6.07) is 15.8. The zero-order valence-electron chi connectivity index (χ0n) is 15.6. The molecule has 0 bridgehead atoms. The summed E-state index contributed by atoms with van der Waals surface area (Å²) in [5.41, 5.74) is 5.56. The van der Waals surface area contributed by atoms with Gasteiger partial charge < -0.3 is 10.1 Å². The first-order valence-corrected chi connectivity index (χ1v) is 8.81. The number of aryl methyl sites for hydroxylation is 2. The van der Waals surface area contributed by atoms with Crippen LogP contribution in [0.1, 0.15) is 17.1 Å². The van der Waals surface area contributed by atoms with E-state index in [0.717, 1.165) is 45.4 Å². The number of nitrogens with one attached hydrogen (secondary N) is 1. The molecule has 0 fully saturated rings. The molecule has 0 aliphatic heterocycles. The molecule has 136 valence electrons. The zero-order chi connectivity index (χ0) is 18.8. The first-order valence-electron chi connectivity index (χ1n) is 8.81. The van der Waals surface area contributed by atoms with Crippen molar-refractivity contribution in [1.29, 1.82) is 0 Å². The SMILES string of the molecule is COc1ccccc1-c1c(C)nn2c(NCc3ccccn3)cc(C)nc12. The summed E-state index contributed by atoms with van der Waals surface area (Å²) in [4.78, 5) is 9.12. The van der Waals surface area contributed by atoms with Crippen molar-refractivity contribution in [3.63, 3.8) is 0 Å². The van der Waals surface area contributed by atoms with E-state index in [9.17, 15) is 0 Å². The second-order valence-electron chi connectivity index (χ2n) is 6.35. The summed E-state index contributed by atoms with van der Waals surface area (Å²) < 4.78 is 7.40. The maximum atomic E-state index is 5.55. The Bertz CT molecular complexity index is 1090. The van der Waals surface area contributed by atoms with Crippen LogP contribution in [-0.2, 0) is 6.54 Å². The molecule has 3 heterocycles. The summed E-state index contributed by atoms with van der Waals surface area (Å²) in [5.74, 6) is 1.69. The third kappa shape index (κ3) is 3.21. The molecule has 6 nitrogen and oxygen atoms in total. The van der Waals surface area contributed by atoms with Crippen LogP contribution in [0.3, 0.4) is 0 Å². The van der Waals surface area contributed by atoms with Crippen LogP contribution in [0.15, 0.2) is 54.7 Å². The molecule has 4 aromatic rings. The van der Waals surface area contributed by atoms with E-state index < -0.39 is 0 Å². The predicted octanol–water partition coefficient (Wildman–Crippen LogP) is 4.03. The largest absolute Gasteiger partial charge is 0.496 e. The van der Waals surface area contributed by atoms with Crippen molar-refractivity contribution in [1.82, 2.24) is 19.6 Å². The summed E-state index contributed by atoms with van der Waals surface area (Å²) in [6.07, 6.45) is 1.79. The van der Waals surface area contributed by atoms with E-state index in [1.807, 2.05) is 66.9 Å². The highest BCUT2D eigenvalue weighted by molar-refractivity contribution is 5.84. The molecular formula is C21H21N5O. The van der Waals surface area contributed by atoms with Crippen LogP contribution in [-0.4, -0.2) is 26.7 Å². The van der Waals surface area contributed by atoms with Gasteiger partial charge in [0, 0.05) is 23.5 Å². The summed E-state index contributed by atoms with van der Waals surface area (Å²) in [7, 11) is 1.68. The van der Waals surface area contributed by atoms with Gasteiger partial charge in [-0.3, -0.25) is 4.98 Å². The Morgan fingerprint density at radius 3 is 2.67 bits per heavy atom. The molecule has 0 unspecified atom stereocenters. The number of benzene rings is 1.